The van der Waals surface area contributed by atoms with Gasteiger partial charge in [0.1, 0.15) is 5.75 Å². The first-order chi connectivity index (χ1) is 9.58. The van der Waals surface area contributed by atoms with E-state index in [0.29, 0.717) is 10.8 Å². The molecule has 2 rings (SSSR count). The predicted molar refractivity (Wildman–Crippen MR) is 76.7 cm³/mol. The molecule has 0 bridgehead atoms. The highest BCUT2D eigenvalue weighted by Crippen LogP contribution is 2.24. The molecule has 0 aliphatic rings. The zero-order chi connectivity index (χ0) is 14.5. The van der Waals surface area contributed by atoms with E-state index in [1.54, 1.807) is 43.6 Å². The number of hydrogen-bond acceptors (Lipinski definition) is 3. The van der Waals surface area contributed by atoms with Gasteiger partial charge < -0.3 is 10.1 Å². The van der Waals surface area contributed by atoms with Crippen LogP contribution < -0.4 is 10.1 Å². The van der Waals surface area contributed by atoms with Crippen LogP contribution >= 0.6 is 11.6 Å². The van der Waals surface area contributed by atoms with Gasteiger partial charge in [-0.1, -0.05) is 23.7 Å². The maximum absolute atomic E-state index is 12.1. The number of para-hydroxylation sites is 1. The molecular weight excluding hydrogens is 278 g/mol. The van der Waals surface area contributed by atoms with Crippen molar-refractivity contribution >= 4 is 17.5 Å². The first-order valence-electron chi connectivity index (χ1n) is 6.28. The van der Waals surface area contributed by atoms with Crippen molar-refractivity contribution in [1.29, 1.82) is 0 Å². The summed E-state index contributed by atoms with van der Waals surface area (Å²) in [6.07, 6.45) is 2.78. The van der Waals surface area contributed by atoms with Crippen molar-refractivity contribution < 1.29 is 9.53 Å². The summed E-state index contributed by atoms with van der Waals surface area (Å²) >= 11 is 5.99. The molecule has 1 amide bonds. The number of halogens is 1. The third kappa shape index (κ3) is 3.51. The number of carbonyl (C=O) groups excluding carboxylic acids is 1. The molecule has 20 heavy (non-hydrogen) atoms. The fraction of sp³-hybridized carbons (Fsp3) is 0.286. The van der Waals surface area contributed by atoms with Crippen LogP contribution in [0, 0.1) is 0 Å². The number of H-pyrrole nitrogens is 1. The molecule has 5 nitrogen and oxygen atoms in total. The first-order valence-corrected chi connectivity index (χ1v) is 6.66. The maximum Gasteiger partial charge on any atom is 0.261 e. The molecule has 1 heterocycles. The van der Waals surface area contributed by atoms with Crippen molar-refractivity contribution in [2.45, 2.75) is 26.0 Å². The Balaban J connectivity index is 1.94. The van der Waals surface area contributed by atoms with E-state index in [4.69, 9.17) is 16.3 Å². The van der Waals surface area contributed by atoms with E-state index < -0.39 is 6.10 Å². The molecule has 2 aromatic rings. The minimum absolute atomic E-state index is 0.140. The summed E-state index contributed by atoms with van der Waals surface area (Å²) in [6, 6.07) is 6.92. The number of ether oxygens (including phenoxy) is 1. The summed E-state index contributed by atoms with van der Waals surface area (Å²) in [5.74, 6) is 0.284. The average molecular weight is 294 g/mol. The van der Waals surface area contributed by atoms with E-state index in [2.05, 4.69) is 15.5 Å². The second kappa shape index (κ2) is 6.43. The summed E-state index contributed by atoms with van der Waals surface area (Å²) < 4.78 is 5.56. The van der Waals surface area contributed by atoms with E-state index in [1.807, 2.05) is 6.92 Å². The third-order valence-corrected chi connectivity index (χ3v) is 3.20. The number of aromatic amines is 1. The molecule has 0 saturated carbocycles. The van der Waals surface area contributed by atoms with Crippen LogP contribution in [0.2, 0.25) is 5.02 Å². The van der Waals surface area contributed by atoms with Crippen molar-refractivity contribution in [3.63, 3.8) is 0 Å². The number of benzene rings is 1. The number of nitrogens with zero attached hydrogens (tertiary/aromatic N) is 1. The Kier molecular flexibility index (Phi) is 4.63. The quantitative estimate of drug-likeness (QED) is 0.891. The minimum Gasteiger partial charge on any atom is -0.479 e. The lowest BCUT2D eigenvalue weighted by atomic mass is 10.2. The molecule has 106 valence electrons. The predicted octanol–water partition coefficient (Wildman–Crippen LogP) is 2.71. The highest BCUT2D eigenvalue weighted by Gasteiger charge is 2.18. The molecule has 2 atom stereocenters. The zero-order valence-electron chi connectivity index (χ0n) is 11.3. The van der Waals surface area contributed by atoms with Crippen molar-refractivity contribution in [2.75, 3.05) is 0 Å². The van der Waals surface area contributed by atoms with Crippen LogP contribution in [0.15, 0.2) is 36.7 Å². The second-order valence-electron chi connectivity index (χ2n) is 4.45. The molecule has 0 spiro atoms. The molecule has 1 aromatic carbocycles. The van der Waals surface area contributed by atoms with Gasteiger partial charge in [0.2, 0.25) is 0 Å². The lowest BCUT2D eigenvalue weighted by molar-refractivity contribution is -0.127. The SMILES string of the molecule is CC(Oc1ccccc1Cl)C(=O)NC(C)c1cn[nH]c1. The second-order valence-corrected chi connectivity index (χ2v) is 4.86. The number of amides is 1. The minimum atomic E-state index is -0.635. The van der Waals surface area contributed by atoms with Crippen LogP contribution in [-0.4, -0.2) is 22.2 Å². The van der Waals surface area contributed by atoms with Gasteiger partial charge >= 0.3 is 0 Å². The Bertz CT molecular complexity index is 572. The van der Waals surface area contributed by atoms with Crippen molar-refractivity contribution in [3.05, 3.63) is 47.2 Å². The summed E-state index contributed by atoms with van der Waals surface area (Å²) in [5.41, 5.74) is 0.906. The molecule has 6 heteroatoms. The highest BCUT2D eigenvalue weighted by molar-refractivity contribution is 6.32. The van der Waals surface area contributed by atoms with Crippen LogP contribution in [-0.2, 0) is 4.79 Å². The van der Waals surface area contributed by atoms with E-state index >= 15 is 0 Å². The normalized spacial score (nSPS) is 13.6. The van der Waals surface area contributed by atoms with Gasteiger partial charge in [-0.2, -0.15) is 5.10 Å². The summed E-state index contributed by atoms with van der Waals surface area (Å²) in [4.78, 5) is 12.1. The lowest BCUT2D eigenvalue weighted by Crippen LogP contribution is -2.37. The zero-order valence-corrected chi connectivity index (χ0v) is 12.0. The maximum atomic E-state index is 12.1. The van der Waals surface area contributed by atoms with Crippen LogP contribution in [0.3, 0.4) is 0 Å². The Labute approximate surface area is 122 Å². The fourth-order valence-corrected chi connectivity index (χ4v) is 1.88. The average Bonchev–Trinajstić information content (AvgIpc) is 2.95. The smallest absolute Gasteiger partial charge is 0.261 e. The third-order valence-electron chi connectivity index (χ3n) is 2.89. The van der Waals surface area contributed by atoms with Crippen molar-refractivity contribution in [3.8, 4) is 5.75 Å². The van der Waals surface area contributed by atoms with Crippen LogP contribution in [0.25, 0.3) is 0 Å². The Morgan fingerprint density at radius 3 is 2.80 bits per heavy atom. The van der Waals surface area contributed by atoms with E-state index in [1.165, 1.54) is 0 Å². The number of rotatable bonds is 5. The van der Waals surface area contributed by atoms with Gasteiger partial charge in [0.05, 0.1) is 17.3 Å². The molecular formula is C14H16ClN3O2. The monoisotopic (exact) mass is 293 g/mol. The van der Waals surface area contributed by atoms with Crippen LogP contribution in [0.1, 0.15) is 25.5 Å². The van der Waals surface area contributed by atoms with Crippen LogP contribution in [0.4, 0.5) is 0 Å². The van der Waals surface area contributed by atoms with E-state index in [-0.39, 0.29) is 11.9 Å². The highest BCUT2D eigenvalue weighted by atomic mass is 35.5. The molecule has 0 aliphatic heterocycles. The largest absolute Gasteiger partial charge is 0.479 e. The number of aromatic nitrogens is 2. The van der Waals surface area contributed by atoms with Gasteiger partial charge in [-0.25, -0.2) is 0 Å². The molecule has 0 fully saturated rings. The van der Waals surface area contributed by atoms with E-state index in [9.17, 15) is 4.79 Å². The number of nitrogens with one attached hydrogen (secondary N) is 2. The fourth-order valence-electron chi connectivity index (χ4n) is 1.70. The summed E-state index contributed by atoms with van der Waals surface area (Å²) in [5, 5.41) is 9.90. The molecule has 2 unspecified atom stereocenters. The van der Waals surface area contributed by atoms with E-state index in [0.717, 1.165) is 5.56 Å². The number of hydrogen-bond donors (Lipinski definition) is 2. The van der Waals surface area contributed by atoms with Gasteiger partial charge in [0.25, 0.3) is 5.91 Å². The first kappa shape index (κ1) is 14.4. The van der Waals surface area contributed by atoms with Gasteiger partial charge in [0, 0.05) is 11.8 Å². The van der Waals surface area contributed by atoms with Gasteiger partial charge in [-0.3, -0.25) is 9.89 Å². The van der Waals surface area contributed by atoms with Crippen LogP contribution in [0.5, 0.6) is 5.75 Å². The molecule has 2 N–H and O–H groups in total. The molecule has 0 saturated heterocycles. The van der Waals surface area contributed by atoms with Gasteiger partial charge in [-0.05, 0) is 26.0 Å². The molecule has 0 aliphatic carbocycles. The summed E-state index contributed by atoms with van der Waals surface area (Å²) in [6.45, 7) is 3.56. The standard InChI is InChI=1S/C14H16ClN3O2/c1-9(11-7-16-17-8-11)18-14(19)10(2)20-13-6-4-3-5-12(13)15/h3-10H,1-2H3,(H,16,17)(H,18,19). The topological polar surface area (TPSA) is 67.0 Å². The summed E-state index contributed by atoms with van der Waals surface area (Å²) in [7, 11) is 0. The number of carbonyl (C=O) groups is 1. The Hall–Kier alpha value is -2.01. The van der Waals surface area contributed by atoms with Gasteiger partial charge in [-0.15, -0.1) is 0 Å². The lowest BCUT2D eigenvalue weighted by Gasteiger charge is -2.18. The van der Waals surface area contributed by atoms with Crippen molar-refractivity contribution in [2.24, 2.45) is 0 Å². The molecule has 1 aromatic heterocycles. The van der Waals surface area contributed by atoms with Gasteiger partial charge in [0.15, 0.2) is 6.10 Å². The Morgan fingerprint density at radius 1 is 1.40 bits per heavy atom. The molecule has 0 radical (unpaired) electrons. The van der Waals surface area contributed by atoms with Crippen molar-refractivity contribution in [1.82, 2.24) is 15.5 Å². The Morgan fingerprint density at radius 2 is 2.15 bits per heavy atom.